The molecule has 3 aliphatic rings. The highest BCUT2D eigenvalue weighted by atomic mass is 32.1. The number of hydrogen-bond acceptors (Lipinski definition) is 5. The van der Waals surface area contributed by atoms with Crippen LogP contribution in [-0.4, -0.2) is 29.6 Å². The van der Waals surface area contributed by atoms with Crippen LogP contribution in [-0.2, 0) is 15.0 Å². The number of rotatable bonds is 3. The van der Waals surface area contributed by atoms with Crippen LogP contribution in [0.4, 0.5) is 11.4 Å². The normalized spacial score (nSPS) is 27.1. The number of ketones is 2. The van der Waals surface area contributed by atoms with E-state index >= 15 is 0 Å². The van der Waals surface area contributed by atoms with Crippen LogP contribution in [0.5, 0.6) is 0 Å². The van der Waals surface area contributed by atoms with Gasteiger partial charge in [0.05, 0.1) is 22.9 Å². The monoisotopic (exact) mass is 440 g/mol. The summed E-state index contributed by atoms with van der Waals surface area (Å²) in [6, 6.07) is 17.8. The first-order valence-corrected chi connectivity index (χ1v) is 11.5. The first kappa shape index (κ1) is 19.2. The van der Waals surface area contributed by atoms with Gasteiger partial charge in [-0.25, -0.2) is 0 Å². The average molecular weight is 441 g/mol. The Kier molecular flexibility index (Phi) is 4.04. The zero-order valence-electron chi connectivity index (χ0n) is 17.3. The second kappa shape index (κ2) is 6.74. The second-order valence-electron chi connectivity index (χ2n) is 8.51. The molecule has 6 heteroatoms. The number of hydrogen-bond donors (Lipinski definition) is 1. The summed E-state index contributed by atoms with van der Waals surface area (Å²) in [4.78, 5) is 43.6. The van der Waals surface area contributed by atoms with E-state index in [-0.39, 0.29) is 17.5 Å². The fourth-order valence-electron chi connectivity index (χ4n) is 5.84. The van der Waals surface area contributed by atoms with Gasteiger partial charge >= 0.3 is 0 Å². The highest BCUT2D eigenvalue weighted by Gasteiger charge is 2.69. The van der Waals surface area contributed by atoms with Gasteiger partial charge in [0.1, 0.15) is 5.41 Å². The van der Waals surface area contributed by atoms with Gasteiger partial charge < -0.3 is 10.2 Å². The number of benzene rings is 2. The van der Waals surface area contributed by atoms with Crippen molar-refractivity contribution in [2.45, 2.75) is 24.4 Å². The maximum absolute atomic E-state index is 14.0. The van der Waals surface area contributed by atoms with E-state index in [9.17, 15) is 14.4 Å². The Morgan fingerprint density at radius 2 is 1.81 bits per heavy atom. The van der Waals surface area contributed by atoms with Crippen LogP contribution in [0.2, 0.25) is 0 Å². The van der Waals surface area contributed by atoms with Crippen molar-refractivity contribution in [2.75, 3.05) is 10.2 Å². The minimum absolute atomic E-state index is 0.121. The number of amides is 1. The van der Waals surface area contributed by atoms with Gasteiger partial charge in [-0.3, -0.25) is 14.4 Å². The molecular weight excluding hydrogens is 420 g/mol. The van der Waals surface area contributed by atoms with Crippen LogP contribution >= 0.6 is 11.3 Å². The van der Waals surface area contributed by atoms with E-state index in [0.717, 1.165) is 16.8 Å². The summed E-state index contributed by atoms with van der Waals surface area (Å²) >= 11 is 1.35. The van der Waals surface area contributed by atoms with Gasteiger partial charge in [0.25, 0.3) is 0 Å². The molecular formula is C26H20N2O3S. The van der Waals surface area contributed by atoms with Crippen LogP contribution in [0, 0.1) is 5.92 Å². The fraction of sp³-hybridized carbons (Fsp3) is 0.192. The van der Waals surface area contributed by atoms with Gasteiger partial charge in [-0.2, -0.15) is 0 Å². The first-order chi connectivity index (χ1) is 15.5. The maximum Gasteiger partial charge on any atom is 0.238 e. The summed E-state index contributed by atoms with van der Waals surface area (Å²) < 4.78 is 0. The zero-order valence-corrected chi connectivity index (χ0v) is 18.1. The molecule has 0 radical (unpaired) electrons. The summed E-state index contributed by atoms with van der Waals surface area (Å²) in [5.74, 6) is -1.35. The molecule has 3 aromatic rings. The molecule has 4 atom stereocenters. The number of anilines is 2. The van der Waals surface area contributed by atoms with Crippen molar-refractivity contribution >= 4 is 46.3 Å². The summed E-state index contributed by atoms with van der Waals surface area (Å²) in [7, 11) is 0. The summed E-state index contributed by atoms with van der Waals surface area (Å²) in [6.07, 6.45) is 3.99. The molecule has 32 heavy (non-hydrogen) atoms. The molecule has 1 spiro atoms. The molecule has 3 aliphatic heterocycles. The van der Waals surface area contributed by atoms with Crippen molar-refractivity contribution in [3.05, 3.63) is 88.1 Å². The lowest BCUT2D eigenvalue weighted by molar-refractivity contribution is -0.122. The van der Waals surface area contributed by atoms with E-state index < -0.39 is 23.4 Å². The lowest BCUT2D eigenvalue weighted by Gasteiger charge is -2.37. The predicted molar refractivity (Wildman–Crippen MR) is 125 cm³/mol. The van der Waals surface area contributed by atoms with Gasteiger partial charge in [0.15, 0.2) is 11.6 Å². The lowest BCUT2D eigenvalue weighted by Crippen LogP contribution is -2.51. The van der Waals surface area contributed by atoms with E-state index in [1.165, 1.54) is 18.3 Å². The Bertz CT molecular complexity index is 1310. The molecule has 1 saturated heterocycles. The van der Waals surface area contributed by atoms with E-state index in [4.69, 9.17) is 0 Å². The molecule has 0 bridgehead atoms. The highest BCUT2D eigenvalue weighted by Crippen LogP contribution is 2.57. The number of carbonyl (C=O) groups excluding carboxylic acids is 3. The number of thiophene rings is 1. The number of nitrogens with zero attached hydrogens (tertiary/aromatic N) is 1. The summed E-state index contributed by atoms with van der Waals surface area (Å²) in [5.41, 5.74) is 2.14. The van der Waals surface area contributed by atoms with Crippen molar-refractivity contribution in [3.63, 3.8) is 0 Å². The Morgan fingerprint density at radius 1 is 1.03 bits per heavy atom. The number of Topliss-reactive ketones (excluding diaryl/α,β-unsaturated/α-hetero) is 2. The van der Waals surface area contributed by atoms with E-state index in [0.29, 0.717) is 10.6 Å². The average Bonchev–Trinajstić information content (AvgIpc) is 3.50. The predicted octanol–water partition coefficient (Wildman–Crippen LogP) is 4.31. The number of fused-ring (bicyclic) bond motifs is 6. The molecule has 0 unspecified atom stereocenters. The van der Waals surface area contributed by atoms with E-state index in [1.54, 1.807) is 6.07 Å². The zero-order chi connectivity index (χ0) is 22.0. The van der Waals surface area contributed by atoms with E-state index in [2.05, 4.69) is 5.32 Å². The molecule has 5 nitrogen and oxygen atoms in total. The van der Waals surface area contributed by atoms with Gasteiger partial charge in [0, 0.05) is 11.4 Å². The quantitative estimate of drug-likeness (QED) is 0.617. The molecule has 6 rings (SSSR count). The number of para-hydroxylation sites is 2. The van der Waals surface area contributed by atoms with Gasteiger partial charge in [-0.1, -0.05) is 54.6 Å². The van der Waals surface area contributed by atoms with Crippen LogP contribution in [0.15, 0.2) is 72.1 Å². The third-order valence-electron chi connectivity index (χ3n) is 7.00. The largest absolute Gasteiger partial charge is 0.352 e. The number of carbonyl (C=O) groups is 3. The van der Waals surface area contributed by atoms with Crippen LogP contribution in [0.25, 0.3) is 6.08 Å². The third kappa shape index (κ3) is 2.30. The molecule has 4 heterocycles. The third-order valence-corrected chi connectivity index (χ3v) is 7.89. The van der Waals surface area contributed by atoms with Gasteiger partial charge in [0.2, 0.25) is 5.91 Å². The number of nitrogens with one attached hydrogen (secondary N) is 1. The molecule has 1 amide bonds. The lowest BCUT2D eigenvalue weighted by atomic mass is 9.65. The van der Waals surface area contributed by atoms with Crippen molar-refractivity contribution < 1.29 is 14.4 Å². The Labute approximate surface area is 189 Å². The molecule has 2 aromatic carbocycles. The van der Waals surface area contributed by atoms with Gasteiger partial charge in [-0.15, -0.1) is 11.3 Å². The standard InChI is InChI=1S/C26H20N2O3S/c1-15(29)23-22(24(30)20-11-6-14-32-20)26(17-8-3-4-9-18(17)27-25(26)31)21-13-12-16-7-2-5-10-19(16)28(21)23/h2-14,21-23H,1H3,(H,27,31)/t21-,22+,23+,26+/m0/s1. The minimum Gasteiger partial charge on any atom is -0.352 e. The van der Waals surface area contributed by atoms with Crippen LogP contribution in [0.3, 0.4) is 0 Å². The van der Waals surface area contributed by atoms with Crippen LogP contribution in [0.1, 0.15) is 27.7 Å². The topological polar surface area (TPSA) is 66.5 Å². The minimum atomic E-state index is -1.20. The smallest absolute Gasteiger partial charge is 0.238 e. The van der Waals surface area contributed by atoms with Gasteiger partial charge in [-0.05, 0) is 41.6 Å². The molecule has 0 aliphatic carbocycles. The SMILES string of the molecule is CC(=O)[C@@H]1[C@H](C(=O)c2cccs2)[C@]2(C(=O)Nc3ccccc32)[C@@H]2C=Cc3ccccc3N12. The van der Waals surface area contributed by atoms with Crippen molar-refractivity contribution in [1.29, 1.82) is 0 Å². The Morgan fingerprint density at radius 3 is 2.59 bits per heavy atom. The second-order valence-corrected chi connectivity index (χ2v) is 9.46. The Balaban J connectivity index is 1.68. The highest BCUT2D eigenvalue weighted by molar-refractivity contribution is 7.12. The van der Waals surface area contributed by atoms with Crippen LogP contribution < -0.4 is 10.2 Å². The fourth-order valence-corrected chi connectivity index (χ4v) is 6.55. The van der Waals surface area contributed by atoms with Crippen molar-refractivity contribution in [2.24, 2.45) is 5.92 Å². The molecule has 0 saturated carbocycles. The van der Waals surface area contributed by atoms with Crippen molar-refractivity contribution in [3.8, 4) is 0 Å². The van der Waals surface area contributed by atoms with Crippen molar-refractivity contribution in [1.82, 2.24) is 0 Å². The summed E-state index contributed by atoms with van der Waals surface area (Å²) in [6.45, 7) is 1.52. The molecule has 1 fully saturated rings. The Hall–Kier alpha value is -3.51. The summed E-state index contributed by atoms with van der Waals surface area (Å²) in [5, 5.41) is 4.87. The molecule has 1 N–H and O–H groups in total. The molecule has 1 aromatic heterocycles. The van der Waals surface area contributed by atoms with E-state index in [1.807, 2.05) is 77.0 Å². The molecule has 158 valence electrons. The maximum atomic E-state index is 14.0. The first-order valence-electron chi connectivity index (χ1n) is 10.6.